The molecule has 0 unspecified atom stereocenters. The van der Waals surface area contributed by atoms with Gasteiger partial charge in [0.2, 0.25) is 0 Å². The van der Waals surface area contributed by atoms with Gasteiger partial charge in [-0.05, 0) is 31.6 Å². The zero-order valence-electron chi connectivity index (χ0n) is 11.2. The van der Waals surface area contributed by atoms with Crippen molar-refractivity contribution < 1.29 is 4.52 Å². The van der Waals surface area contributed by atoms with Crippen LogP contribution in [0.25, 0.3) is 0 Å². The Labute approximate surface area is 104 Å². The summed E-state index contributed by atoms with van der Waals surface area (Å²) in [7, 11) is 0. The highest BCUT2D eigenvalue weighted by Crippen LogP contribution is 2.30. The van der Waals surface area contributed by atoms with Gasteiger partial charge in [0.15, 0.2) is 0 Å². The summed E-state index contributed by atoms with van der Waals surface area (Å²) < 4.78 is 5.09. The summed E-state index contributed by atoms with van der Waals surface area (Å²) in [5.41, 5.74) is 1.02. The van der Waals surface area contributed by atoms with E-state index in [2.05, 4.69) is 24.3 Å². The first-order chi connectivity index (χ1) is 8.16. The number of nitrogens with zero attached hydrogens (tertiary/aromatic N) is 1. The summed E-state index contributed by atoms with van der Waals surface area (Å²) in [6, 6.07) is 2.67. The van der Waals surface area contributed by atoms with Crippen LogP contribution in [0.3, 0.4) is 0 Å². The van der Waals surface area contributed by atoms with Crippen LogP contribution in [0.1, 0.15) is 51.0 Å². The third-order valence-corrected chi connectivity index (χ3v) is 3.90. The van der Waals surface area contributed by atoms with Crippen molar-refractivity contribution in [3.05, 3.63) is 17.5 Å². The fourth-order valence-corrected chi connectivity index (χ4v) is 2.95. The largest absolute Gasteiger partial charge is 0.361 e. The molecule has 0 amide bonds. The van der Waals surface area contributed by atoms with E-state index in [4.69, 9.17) is 4.52 Å². The fourth-order valence-electron chi connectivity index (χ4n) is 2.95. The average Bonchev–Trinajstić information content (AvgIpc) is 2.73. The molecule has 0 aliphatic heterocycles. The number of aromatic nitrogens is 1. The van der Waals surface area contributed by atoms with Crippen molar-refractivity contribution >= 4 is 0 Å². The summed E-state index contributed by atoms with van der Waals surface area (Å²) in [6.07, 6.45) is 5.43. The lowest BCUT2D eigenvalue weighted by molar-refractivity contribution is 0.203. The van der Waals surface area contributed by atoms with E-state index in [9.17, 15) is 0 Å². The summed E-state index contributed by atoms with van der Waals surface area (Å²) in [6.45, 7) is 7.45. The molecule has 0 radical (unpaired) electrons. The van der Waals surface area contributed by atoms with Crippen LogP contribution in [0.2, 0.25) is 0 Å². The molecule has 17 heavy (non-hydrogen) atoms. The molecular weight excluding hydrogens is 212 g/mol. The molecule has 2 atom stereocenters. The van der Waals surface area contributed by atoms with Crippen LogP contribution in [0.5, 0.6) is 0 Å². The van der Waals surface area contributed by atoms with Crippen LogP contribution in [0.15, 0.2) is 10.6 Å². The molecule has 1 N–H and O–H groups in total. The predicted octanol–water partition coefficient (Wildman–Crippen LogP) is 3.29. The van der Waals surface area contributed by atoms with E-state index in [1.807, 2.05) is 13.0 Å². The first-order valence-corrected chi connectivity index (χ1v) is 6.82. The number of rotatable bonds is 4. The van der Waals surface area contributed by atoms with E-state index < -0.39 is 0 Å². The molecule has 1 aliphatic rings. The quantitative estimate of drug-likeness (QED) is 0.871. The predicted molar refractivity (Wildman–Crippen MR) is 68.7 cm³/mol. The second-order valence-electron chi connectivity index (χ2n) is 5.61. The molecule has 1 aromatic rings. The zero-order valence-corrected chi connectivity index (χ0v) is 11.2. The molecule has 3 heteroatoms. The van der Waals surface area contributed by atoms with Gasteiger partial charge in [0.25, 0.3) is 0 Å². The van der Waals surface area contributed by atoms with Crippen LogP contribution in [-0.2, 0) is 6.54 Å². The normalized spacial score (nSPS) is 25.4. The van der Waals surface area contributed by atoms with Gasteiger partial charge in [-0.3, -0.25) is 0 Å². The Morgan fingerprint density at radius 1 is 1.41 bits per heavy atom. The fraction of sp³-hybridized carbons (Fsp3) is 0.786. The van der Waals surface area contributed by atoms with Gasteiger partial charge in [0, 0.05) is 18.7 Å². The SMILES string of the molecule is Cc1cc(CN[C@@H]2CCCC[C@@H]2C(C)C)no1. The van der Waals surface area contributed by atoms with Crippen molar-refractivity contribution in [2.24, 2.45) is 11.8 Å². The van der Waals surface area contributed by atoms with E-state index in [0.29, 0.717) is 6.04 Å². The van der Waals surface area contributed by atoms with Gasteiger partial charge in [-0.15, -0.1) is 0 Å². The highest BCUT2D eigenvalue weighted by molar-refractivity contribution is 5.03. The molecule has 0 aromatic carbocycles. The van der Waals surface area contributed by atoms with Gasteiger partial charge in [-0.2, -0.15) is 0 Å². The minimum Gasteiger partial charge on any atom is -0.361 e. The third-order valence-electron chi connectivity index (χ3n) is 3.90. The number of hydrogen-bond acceptors (Lipinski definition) is 3. The van der Waals surface area contributed by atoms with Gasteiger partial charge in [-0.1, -0.05) is 31.8 Å². The Kier molecular flexibility index (Phi) is 4.21. The summed E-state index contributed by atoms with van der Waals surface area (Å²) >= 11 is 0. The van der Waals surface area contributed by atoms with Gasteiger partial charge >= 0.3 is 0 Å². The summed E-state index contributed by atoms with van der Waals surface area (Å²) in [4.78, 5) is 0. The van der Waals surface area contributed by atoms with Crippen molar-refractivity contribution in [2.45, 2.75) is 59.0 Å². The molecule has 1 fully saturated rings. The van der Waals surface area contributed by atoms with Gasteiger partial charge in [0.1, 0.15) is 5.76 Å². The Morgan fingerprint density at radius 3 is 2.82 bits per heavy atom. The van der Waals surface area contributed by atoms with Crippen molar-refractivity contribution in [1.82, 2.24) is 10.5 Å². The van der Waals surface area contributed by atoms with Crippen molar-refractivity contribution in [1.29, 1.82) is 0 Å². The Balaban J connectivity index is 1.88. The lowest BCUT2D eigenvalue weighted by atomic mass is 9.78. The monoisotopic (exact) mass is 236 g/mol. The smallest absolute Gasteiger partial charge is 0.133 e. The molecular formula is C14H24N2O. The molecule has 1 heterocycles. The first kappa shape index (κ1) is 12.6. The number of nitrogens with one attached hydrogen (secondary N) is 1. The molecule has 3 nitrogen and oxygen atoms in total. The Morgan fingerprint density at radius 2 is 2.18 bits per heavy atom. The van der Waals surface area contributed by atoms with E-state index >= 15 is 0 Å². The van der Waals surface area contributed by atoms with E-state index in [0.717, 1.165) is 29.8 Å². The van der Waals surface area contributed by atoms with Gasteiger partial charge in [0.05, 0.1) is 5.69 Å². The lowest BCUT2D eigenvalue weighted by Crippen LogP contribution is -2.40. The van der Waals surface area contributed by atoms with Crippen LogP contribution >= 0.6 is 0 Å². The molecule has 1 aromatic heterocycles. The van der Waals surface area contributed by atoms with E-state index in [-0.39, 0.29) is 0 Å². The van der Waals surface area contributed by atoms with Crippen molar-refractivity contribution in [2.75, 3.05) is 0 Å². The van der Waals surface area contributed by atoms with E-state index in [1.165, 1.54) is 25.7 Å². The third kappa shape index (κ3) is 3.32. The molecule has 1 saturated carbocycles. The topological polar surface area (TPSA) is 38.1 Å². The van der Waals surface area contributed by atoms with Crippen molar-refractivity contribution in [3.63, 3.8) is 0 Å². The second-order valence-corrected chi connectivity index (χ2v) is 5.61. The highest BCUT2D eigenvalue weighted by atomic mass is 16.5. The first-order valence-electron chi connectivity index (χ1n) is 6.82. The summed E-state index contributed by atoms with van der Waals surface area (Å²) in [5.74, 6) is 2.48. The van der Waals surface area contributed by atoms with Crippen LogP contribution in [0.4, 0.5) is 0 Å². The van der Waals surface area contributed by atoms with Crippen LogP contribution in [0, 0.1) is 18.8 Å². The standard InChI is InChI=1S/C14H24N2O/c1-10(2)13-6-4-5-7-14(13)15-9-12-8-11(3)17-16-12/h8,10,13-15H,4-7,9H2,1-3H3/t13-,14-/m1/s1. The van der Waals surface area contributed by atoms with Crippen molar-refractivity contribution in [3.8, 4) is 0 Å². The molecule has 1 aliphatic carbocycles. The second kappa shape index (κ2) is 5.67. The van der Waals surface area contributed by atoms with Gasteiger partial charge < -0.3 is 9.84 Å². The maximum atomic E-state index is 5.09. The zero-order chi connectivity index (χ0) is 12.3. The molecule has 0 saturated heterocycles. The van der Waals surface area contributed by atoms with Gasteiger partial charge in [-0.25, -0.2) is 0 Å². The maximum absolute atomic E-state index is 5.09. The Bertz CT molecular complexity index is 346. The number of hydrogen-bond donors (Lipinski definition) is 1. The minimum atomic E-state index is 0.653. The lowest BCUT2D eigenvalue weighted by Gasteiger charge is -2.34. The molecule has 0 bridgehead atoms. The van der Waals surface area contributed by atoms with E-state index in [1.54, 1.807) is 0 Å². The minimum absolute atomic E-state index is 0.653. The molecule has 2 rings (SSSR count). The molecule has 96 valence electrons. The highest BCUT2D eigenvalue weighted by Gasteiger charge is 2.27. The molecule has 0 spiro atoms. The maximum Gasteiger partial charge on any atom is 0.133 e. The summed E-state index contributed by atoms with van der Waals surface area (Å²) in [5, 5.41) is 7.69. The number of aryl methyl sites for hydroxylation is 1. The average molecular weight is 236 g/mol. The Hall–Kier alpha value is -0.830. The van der Waals surface area contributed by atoms with Crippen LogP contribution < -0.4 is 5.32 Å². The van der Waals surface area contributed by atoms with Crippen LogP contribution in [-0.4, -0.2) is 11.2 Å².